The van der Waals surface area contributed by atoms with E-state index in [9.17, 15) is 4.79 Å². The fraction of sp³-hybridized carbons (Fsp3) is 0.955. The van der Waals surface area contributed by atoms with Crippen molar-refractivity contribution in [2.24, 2.45) is 0 Å². The first-order chi connectivity index (χ1) is 12.5. The molecule has 0 amide bonds. The molecule has 4 heteroatoms. The number of carboxylic acids is 1. The second-order valence-electron chi connectivity index (χ2n) is 7.93. The predicted molar refractivity (Wildman–Crippen MR) is 108 cm³/mol. The minimum Gasteiger partial charge on any atom is -0.481 e. The Balaban J connectivity index is 0.000000642. The van der Waals surface area contributed by atoms with Gasteiger partial charge in [-0.25, -0.2) is 0 Å². The van der Waals surface area contributed by atoms with Crippen LogP contribution >= 0.6 is 0 Å². The molecule has 1 rings (SSSR count). The average Bonchev–Trinajstić information content (AvgIpc) is 2.59. The Morgan fingerprint density at radius 2 is 1.08 bits per heavy atom. The number of rotatable bonds is 14. The van der Waals surface area contributed by atoms with Crippen molar-refractivity contribution in [1.82, 2.24) is 0 Å². The Labute approximate surface area is 161 Å². The quantitative estimate of drug-likeness (QED) is 0.251. The molecule has 0 saturated heterocycles. The van der Waals surface area contributed by atoms with E-state index < -0.39 is 11.8 Å². The second-order valence-corrected chi connectivity index (χ2v) is 7.93. The third-order valence-electron chi connectivity index (χ3n) is 5.15. The lowest BCUT2D eigenvalue weighted by molar-refractivity contribution is -0.180. The Kier molecular flexibility index (Phi) is 17.4. The van der Waals surface area contributed by atoms with Crippen LogP contribution in [0.25, 0.3) is 0 Å². The van der Waals surface area contributed by atoms with Gasteiger partial charge in [-0.1, -0.05) is 90.4 Å². The molecule has 1 fully saturated rings. The molecule has 0 aromatic carbocycles. The van der Waals surface area contributed by atoms with Crippen LogP contribution in [-0.2, 0) is 4.79 Å². The predicted octanol–water partition coefficient (Wildman–Crippen LogP) is 6.18. The SMILES string of the molecule is CCCCCCCCCCCCCCCC(=O)O.OC1(O)CCCCC1. The summed E-state index contributed by atoms with van der Waals surface area (Å²) < 4.78 is 0. The molecule has 1 aliphatic rings. The fourth-order valence-electron chi connectivity index (χ4n) is 3.41. The van der Waals surface area contributed by atoms with E-state index in [4.69, 9.17) is 15.3 Å². The van der Waals surface area contributed by atoms with Gasteiger partial charge in [-0.2, -0.15) is 0 Å². The number of carbonyl (C=O) groups is 1. The molecule has 0 spiro atoms. The lowest BCUT2D eigenvalue weighted by Crippen LogP contribution is -2.30. The summed E-state index contributed by atoms with van der Waals surface area (Å²) in [7, 11) is 0. The van der Waals surface area contributed by atoms with Gasteiger partial charge in [0.1, 0.15) is 0 Å². The molecular weight excluding hydrogens is 328 g/mol. The molecule has 156 valence electrons. The van der Waals surface area contributed by atoms with Gasteiger partial charge < -0.3 is 15.3 Å². The summed E-state index contributed by atoms with van der Waals surface area (Å²) in [5, 5.41) is 26.4. The molecule has 0 heterocycles. The van der Waals surface area contributed by atoms with Gasteiger partial charge in [-0.15, -0.1) is 0 Å². The summed E-state index contributed by atoms with van der Waals surface area (Å²) in [4.78, 5) is 10.3. The number of unbranched alkanes of at least 4 members (excludes halogenated alkanes) is 12. The molecule has 0 aromatic rings. The number of carboxylic acid groups (broad SMARTS) is 1. The zero-order valence-electron chi connectivity index (χ0n) is 17.2. The smallest absolute Gasteiger partial charge is 0.303 e. The van der Waals surface area contributed by atoms with Crippen molar-refractivity contribution in [3.63, 3.8) is 0 Å². The van der Waals surface area contributed by atoms with Gasteiger partial charge in [-0.05, 0) is 19.3 Å². The topological polar surface area (TPSA) is 77.8 Å². The van der Waals surface area contributed by atoms with Crippen LogP contribution in [0.4, 0.5) is 0 Å². The van der Waals surface area contributed by atoms with Crippen LogP contribution in [0, 0.1) is 0 Å². The van der Waals surface area contributed by atoms with E-state index in [-0.39, 0.29) is 0 Å². The van der Waals surface area contributed by atoms with E-state index in [2.05, 4.69) is 6.92 Å². The zero-order valence-corrected chi connectivity index (χ0v) is 17.2. The third kappa shape index (κ3) is 19.7. The van der Waals surface area contributed by atoms with E-state index in [0.717, 1.165) is 32.1 Å². The highest BCUT2D eigenvalue weighted by Gasteiger charge is 2.24. The highest BCUT2D eigenvalue weighted by atomic mass is 16.5. The first-order valence-corrected chi connectivity index (χ1v) is 11.1. The van der Waals surface area contributed by atoms with Gasteiger partial charge in [-0.3, -0.25) is 4.79 Å². The van der Waals surface area contributed by atoms with E-state index >= 15 is 0 Å². The van der Waals surface area contributed by atoms with Crippen LogP contribution in [0.1, 0.15) is 129 Å². The van der Waals surface area contributed by atoms with Crippen LogP contribution in [0.2, 0.25) is 0 Å². The minimum atomic E-state index is -1.32. The van der Waals surface area contributed by atoms with Crippen LogP contribution in [-0.4, -0.2) is 27.1 Å². The van der Waals surface area contributed by atoms with Crippen LogP contribution in [0.3, 0.4) is 0 Å². The summed E-state index contributed by atoms with van der Waals surface area (Å²) in [6.07, 6.45) is 21.5. The Morgan fingerprint density at radius 1 is 0.692 bits per heavy atom. The molecule has 0 aliphatic heterocycles. The Hall–Kier alpha value is -0.610. The Bertz CT molecular complexity index is 307. The molecule has 4 nitrogen and oxygen atoms in total. The van der Waals surface area contributed by atoms with Gasteiger partial charge in [0, 0.05) is 19.3 Å². The van der Waals surface area contributed by atoms with Gasteiger partial charge in [0.15, 0.2) is 5.79 Å². The monoisotopic (exact) mass is 372 g/mol. The first-order valence-electron chi connectivity index (χ1n) is 11.1. The van der Waals surface area contributed by atoms with Crippen molar-refractivity contribution in [1.29, 1.82) is 0 Å². The average molecular weight is 373 g/mol. The largest absolute Gasteiger partial charge is 0.481 e. The summed E-state index contributed by atoms with van der Waals surface area (Å²) in [5.74, 6) is -1.98. The zero-order chi connectivity index (χ0) is 19.5. The normalized spacial score (nSPS) is 16.0. The van der Waals surface area contributed by atoms with Crippen molar-refractivity contribution in [3.8, 4) is 0 Å². The van der Waals surface area contributed by atoms with Crippen molar-refractivity contribution >= 4 is 5.97 Å². The van der Waals surface area contributed by atoms with Crippen molar-refractivity contribution in [2.75, 3.05) is 0 Å². The maximum atomic E-state index is 10.3. The number of aliphatic hydroxyl groups is 2. The minimum absolute atomic E-state index is 0.345. The van der Waals surface area contributed by atoms with E-state index in [1.165, 1.54) is 70.6 Å². The van der Waals surface area contributed by atoms with Gasteiger partial charge in [0.25, 0.3) is 0 Å². The number of hydrogen-bond acceptors (Lipinski definition) is 3. The lowest BCUT2D eigenvalue weighted by atomic mass is 9.95. The molecule has 1 saturated carbocycles. The van der Waals surface area contributed by atoms with Crippen LogP contribution < -0.4 is 0 Å². The molecule has 0 aromatic heterocycles. The lowest BCUT2D eigenvalue weighted by Gasteiger charge is -2.25. The molecule has 1 aliphatic carbocycles. The molecule has 0 unspecified atom stereocenters. The molecule has 26 heavy (non-hydrogen) atoms. The summed E-state index contributed by atoms with van der Waals surface area (Å²) in [6, 6.07) is 0. The summed E-state index contributed by atoms with van der Waals surface area (Å²) in [5.41, 5.74) is 0. The first kappa shape index (κ1) is 25.4. The van der Waals surface area contributed by atoms with Crippen molar-refractivity contribution in [2.45, 2.75) is 135 Å². The van der Waals surface area contributed by atoms with Crippen LogP contribution in [0.15, 0.2) is 0 Å². The van der Waals surface area contributed by atoms with E-state index in [1.54, 1.807) is 0 Å². The second kappa shape index (κ2) is 17.8. The fourth-order valence-corrected chi connectivity index (χ4v) is 3.41. The van der Waals surface area contributed by atoms with Crippen molar-refractivity contribution < 1.29 is 20.1 Å². The maximum Gasteiger partial charge on any atom is 0.303 e. The standard InChI is InChI=1S/C16H32O2.C6H12O2/c1-2-3-4-5-6-7-8-9-10-11-12-13-14-15-16(17)18;7-6(8)4-2-1-3-5-6/h2-15H2,1H3,(H,17,18);7-8H,1-5H2. The third-order valence-corrected chi connectivity index (χ3v) is 5.15. The molecule has 0 radical (unpaired) electrons. The highest BCUT2D eigenvalue weighted by molar-refractivity contribution is 5.66. The highest BCUT2D eigenvalue weighted by Crippen LogP contribution is 2.24. The van der Waals surface area contributed by atoms with Gasteiger partial charge >= 0.3 is 5.97 Å². The molecule has 0 bridgehead atoms. The van der Waals surface area contributed by atoms with E-state index in [1.807, 2.05) is 0 Å². The van der Waals surface area contributed by atoms with E-state index in [0.29, 0.717) is 19.3 Å². The number of aliphatic carboxylic acids is 1. The maximum absolute atomic E-state index is 10.3. The van der Waals surface area contributed by atoms with Crippen molar-refractivity contribution in [3.05, 3.63) is 0 Å². The summed E-state index contributed by atoms with van der Waals surface area (Å²) >= 11 is 0. The number of hydrogen-bond donors (Lipinski definition) is 3. The summed E-state index contributed by atoms with van der Waals surface area (Å²) in [6.45, 7) is 2.26. The molecule has 3 N–H and O–H groups in total. The van der Waals surface area contributed by atoms with Gasteiger partial charge in [0.05, 0.1) is 0 Å². The Morgan fingerprint density at radius 3 is 1.38 bits per heavy atom. The van der Waals surface area contributed by atoms with Gasteiger partial charge in [0.2, 0.25) is 0 Å². The molecule has 0 atom stereocenters. The molecular formula is C22H44O4. The van der Waals surface area contributed by atoms with Crippen LogP contribution in [0.5, 0.6) is 0 Å².